The van der Waals surface area contributed by atoms with Gasteiger partial charge in [-0.1, -0.05) is 11.6 Å². The molecule has 1 aliphatic rings. The van der Waals surface area contributed by atoms with Gasteiger partial charge in [0.05, 0.1) is 12.2 Å². The molecule has 6 heteroatoms. The minimum absolute atomic E-state index is 0.120. The summed E-state index contributed by atoms with van der Waals surface area (Å²) in [5, 5.41) is 3.40. The summed E-state index contributed by atoms with van der Waals surface area (Å²) >= 11 is 9.15. The molecule has 19 heavy (non-hydrogen) atoms. The van der Waals surface area contributed by atoms with Crippen LogP contribution in [0.1, 0.15) is 24.2 Å². The Bertz CT molecular complexity index is 493. The third-order valence-electron chi connectivity index (χ3n) is 2.73. The standard InChI is InChI=1S/C13H15BrClNO3/c1-13(2)18-7-9(19-13)6-16-12(17)10-4-3-8(15)5-11(10)14/h3-5,9H,6-7H2,1-2H3,(H,16,17). The van der Waals surface area contributed by atoms with Crippen molar-refractivity contribution < 1.29 is 14.3 Å². The molecule has 1 heterocycles. The SMILES string of the molecule is CC1(C)OCC(CNC(=O)c2ccc(Cl)cc2Br)O1. The van der Waals surface area contributed by atoms with E-state index < -0.39 is 5.79 Å². The third-order valence-corrected chi connectivity index (χ3v) is 3.62. The van der Waals surface area contributed by atoms with Crippen LogP contribution in [0.5, 0.6) is 0 Å². The molecule has 104 valence electrons. The van der Waals surface area contributed by atoms with Gasteiger partial charge in [0.1, 0.15) is 6.10 Å². The van der Waals surface area contributed by atoms with E-state index >= 15 is 0 Å². The van der Waals surface area contributed by atoms with E-state index in [2.05, 4.69) is 21.2 Å². The van der Waals surface area contributed by atoms with Crippen molar-refractivity contribution >= 4 is 33.4 Å². The number of halogens is 2. The van der Waals surface area contributed by atoms with Gasteiger partial charge < -0.3 is 14.8 Å². The van der Waals surface area contributed by atoms with Gasteiger partial charge >= 0.3 is 0 Å². The van der Waals surface area contributed by atoms with Gasteiger partial charge in [-0.05, 0) is 48.0 Å². The predicted molar refractivity (Wildman–Crippen MR) is 76.4 cm³/mol. The van der Waals surface area contributed by atoms with Crippen LogP contribution in [-0.4, -0.2) is 30.9 Å². The molecule has 1 aromatic carbocycles. The lowest BCUT2D eigenvalue weighted by molar-refractivity contribution is -0.137. The molecule has 0 saturated carbocycles. The van der Waals surface area contributed by atoms with Crippen LogP contribution in [-0.2, 0) is 9.47 Å². The van der Waals surface area contributed by atoms with E-state index in [9.17, 15) is 4.79 Å². The fourth-order valence-electron chi connectivity index (χ4n) is 1.84. The van der Waals surface area contributed by atoms with Crippen molar-refractivity contribution in [2.24, 2.45) is 0 Å². The zero-order chi connectivity index (χ0) is 14.0. The first-order valence-corrected chi connectivity index (χ1v) is 7.09. The number of rotatable bonds is 3. The molecule has 2 rings (SSSR count). The third kappa shape index (κ3) is 3.92. The van der Waals surface area contributed by atoms with Crippen molar-refractivity contribution in [3.05, 3.63) is 33.3 Å². The first-order valence-electron chi connectivity index (χ1n) is 5.92. The number of ether oxygens (including phenoxy) is 2. The van der Waals surface area contributed by atoms with Crippen molar-refractivity contribution in [3.8, 4) is 0 Å². The summed E-state index contributed by atoms with van der Waals surface area (Å²) < 4.78 is 11.7. The highest BCUT2D eigenvalue weighted by molar-refractivity contribution is 9.10. The fraction of sp³-hybridized carbons (Fsp3) is 0.462. The smallest absolute Gasteiger partial charge is 0.252 e. The zero-order valence-electron chi connectivity index (χ0n) is 10.7. The maximum absolute atomic E-state index is 12.0. The average Bonchev–Trinajstić information content (AvgIpc) is 2.66. The highest BCUT2D eigenvalue weighted by Crippen LogP contribution is 2.23. The monoisotopic (exact) mass is 347 g/mol. The van der Waals surface area contributed by atoms with Crippen LogP contribution in [0.15, 0.2) is 22.7 Å². The summed E-state index contributed by atoms with van der Waals surface area (Å²) in [4.78, 5) is 12.0. The molecule has 0 radical (unpaired) electrons. The molecule has 0 aliphatic carbocycles. The number of benzene rings is 1. The Morgan fingerprint density at radius 1 is 1.58 bits per heavy atom. The largest absolute Gasteiger partial charge is 0.349 e. The summed E-state index contributed by atoms with van der Waals surface area (Å²) in [6.45, 7) is 4.60. The lowest BCUT2D eigenvalue weighted by atomic mass is 10.2. The zero-order valence-corrected chi connectivity index (χ0v) is 13.0. The molecule has 1 unspecified atom stereocenters. The van der Waals surface area contributed by atoms with E-state index in [4.69, 9.17) is 21.1 Å². The molecule has 1 atom stereocenters. The van der Waals surface area contributed by atoms with Gasteiger partial charge in [0.15, 0.2) is 5.79 Å². The fourth-order valence-corrected chi connectivity index (χ4v) is 2.70. The van der Waals surface area contributed by atoms with Crippen LogP contribution in [0.25, 0.3) is 0 Å². The molecule has 0 spiro atoms. The van der Waals surface area contributed by atoms with E-state index in [1.807, 2.05) is 13.8 Å². The highest BCUT2D eigenvalue weighted by Gasteiger charge is 2.32. The van der Waals surface area contributed by atoms with Crippen LogP contribution >= 0.6 is 27.5 Å². The second kappa shape index (κ2) is 5.79. The molecule has 4 nitrogen and oxygen atoms in total. The van der Waals surface area contributed by atoms with Gasteiger partial charge in [0, 0.05) is 16.0 Å². The number of hydrogen-bond donors (Lipinski definition) is 1. The van der Waals surface area contributed by atoms with Crippen LogP contribution in [0, 0.1) is 0 Å². The van der Waals surface area contributed by atoms with E-state index in [1.165, 1.54) is 0 Å². The molecule has 1 N–H and O–H groups in total. The first kappa shape index (κ1) is 14.8. The Morgan fingerprint density at radius 2 is 2.32 bits per heavy atom. The number of hydrogen-bond acceptors (Lipinski definition) is 3. The van der Waals surface area contributed by atoms with Gasteiger partial charge in [-0.2, -0.15) is 0 Å². The van der Waals surface area contributed by atoms with Crippen LogP contribution in [0.4, 0.5) is 0 Å². The molecule has 1 aromatic rings. The lowest BCUT2D eigenvalue weighted by Gasteiger charge is -2.17. The van der Waals surface area contributed by atoms with E-state index in [1.54, 1.807) is 18.2 Å². The minimum Gasteiger partial charge on any atom is -0.349 e. The quantitative estimate of drug-likeness (QED) is 0.913. The number of carbonyl (C=O) groups excluding carboxylic acids is 1. The Labute approximate surface area is 125 Å². The normalized spacial score (nSPS) is 21.4. The van der Waals surface area contributed by atoms with Gasteiger partial charge in [-0.25, -0.2) is 0 Å². The summed E-state index contributed by atoms with van der Waals surface area (Å²) in [5.41, 5.74) is 0.544. The van der Waals surface area contributed by atoms with Crippen molar-refractivity contribution in [3.63, 3.8) is 0 Å². The van der Waals surface area contributed by atoms with Gasteiger partial charge in [-0.15, -0.1) is 0 Å². The predicted octanol–water partition coefficient (Wildman–Crippen LogP) is 2.98. The van der Waals surface area contributed by atoms with Crippen molar-refractivity contribution in [2.45, 2.75) is 25.7 Å². The van der Waals surface area contributed by atoms with E-state index in [0.29, 0.717) is 28.2 Å². The summed E-state index contributed by atoms with van der Waals surface area (Å²) in [6.07, 6.45) is -0.120. The topological polar surface area (TPSA) is 47.6 Å². The Balaban J connectivity index is 1.91. The highest BCUT2D eigenvalue weighted by atomic mass is 79.9. The second-order valence-corrected chi connectivity index (χ2v) is 6.08. The molecule has 0 aromatic heterocycles. The molecule has 1 amide bonds. The van der Waals surface area contributed by atoms with Crippen LogP contribution in [0.2, 0.25) is 5.02 Å². The Morgan fingerprint density at radius 3 is 2.89 bits per heavy atom. The van der Waals surface area contributed by atoms with Crippen molar-refractivity contribution in [2.75, 3.05) is 13.2 Å². The second-order valence-electron chi connectivity index (χ2n) is 4.78. The van der Waals surface area contributed by atoms with Gasteiger partial charge in [-0.3, -0.25) is 4.79 Å². The number of carbonyl (C=O) groups is 1. The number of nitrogens with one attached hydrogen (secondary N) is 1. The van der Waals surface area contributed by atoms with Crippen molar-refractivity contribution in [1.82, 2.24) is 5.32 Å². The molecular formula is C13H15BrClNO3. The van der Waals surface area contributed by atoms with Crippen LogP contribution in [0.3, 0.4) is 0 Å². The first-order chi connectivity index (χ1) is 8.87. The molecule has 1 aliphatic heterocycles. The Kier molecular flexibility index (Phi) is 4.50. The minimum atomic E-state index is -0.573. The lowest BCUT2D eigenvalue weighted by Crippen LogP contribution is -2.34. The maximum atomic E-state index is 12.0. The van der Waals surface area contributed by atoms with E-state index in [-0.39, 0.29) is 12.0 Å². The molecule has 1 saturated heterocycles. The van der Waals surface area contributed by atoms with Crippen molar-refractivity contribution in [1.29, 1.82) is 0 Å². The average molecular weight is 349 g/mol. The number of amides is 1. The maximum Gasteiger partial charge on any atom is 0.252 e. The molecular weight excluding hydrogens is 334 g/mol. The van der Waals surface area contributed by atoms with Gasteiger partial charge in [0.25, 0.3) is 5.91 Å². The van der Waals surface area contributed by atoms with Crippen LogP contribution < -0.4 is 5.32 Å². The molecule has 1 fully saturated rings. The summed E-state index contributed by atoms with van der Waals surface area (Å²) in [5.74, 6) is -0.743. The van der Waals surface area contributed by atoms with E-state index in [0.717, 1.165) is 0 Å². The summed E-state index contributed by atoms with van der Waals surface area (Å²) in [7, 11) is 0. The summed E-state index contributed by atoms with van der Waals surface area (Å²) in [6, 6.07) is 5.05. The Hall–Kier alpha value is -0.620. The van der Waals surface area contributed by atoms with Gasteiger partial charge in [0.2, 0.25) is 0 Å². The molecule has 0 bridgehead atoms.